The summed E-state index contributed by atoms with van der Waals surface area (Å²) >= 11 is 0. The summed E-state index contributed by atoms with van der Waals surface area (Å²) in [6, 6.07) is 8.17. The number of nitrogens with one attached hydrogen (secondary N) is 4. The number of amides is 4. The molecular formula is C36H52N6O8. The van der Waals surface area contributed by atoms with Crippen LogP contribution in [0.1, 0.15) is 64.5 Å². The molecule has 2 saturated heterocycles. The molecule has 14 heteroatoms. The van der Waals surface area contributed by atoms with E-state index in [0.29, 0.717) is 50.7 Å². The fourth-order valence-electron chi connectivity index (χ4n) is 5.77. The van der Waals surface area contributed by atoms with E-state index in [2.05, 4.69) is 31.3 Å². The molecule has 3 heterocycles. The molecule has 0 spiro atoms. The third kappa shape index (κ3) is 12.3. The van der Waals surface area contributed by atoms with Crippen LogP contribution in [0.25, 0.3) is 0 Å². The monoisotopic (exact) mass is 696 g/mol. The van der Waals surface area contributed by atoms with E-state index in [0.717, 1.165) is 18.7 Å². The zero-order chi connectivity index (χ0) is 36.3. The number of aromatic nitrogens is 1. The molecule has 2 aromatic rings. The summed E-state index contributed by atoms with van der Waals surface area (Å²) in [7, 11) is 0. The number of rotatable bonds is 19. The van der Waals surface area contributed by atoms with Gasteiger partial charge in [0.25, 0.3) is 0 Å². The third-order valence-corrected chi connectivity index (χ3v) is 8.59. The van der Waals surface area contributed by atoms with Crippen LogP contribution in [-0.4, -0.2) is 103 Å². The number of ether oxygens (including phenoxy) is 2. The molecule has 4 rings (SSSR count). The highest BCUT2D eigenvalue weighted by molar-refractivity contribution is 5.98. The van der Waals surface area contributed by atoms with Crippen molar-refractivity contribution in [2.45, 2.75) is 90.6 Å². The van der Waals surface area contributed by atoms with Crippen molar-refractivity contribution in [2.75, 3.05) is 39.5 Å². The molecule has 4 amide bonds. The number of ketones is 1. The summed E-state index contributed by atoms with van der Waals surface area (Å²) in [6.07, 6.45) is 0.806. The SMILES string of the molecule is CC(C)CC(NC(=O)CNC(=O)Cc1cc(CN2CCOCC2)on1)C(=O)NC(Cc1ccccc1)C(=O)NC(CC(C)C)C(=O)C1(C)CO1. The molecule has 1 aromatic carbocycles. The second-order valence-corrected chi connectivity index (χ2v) is 14.2. The second-order valence-electron chi connectivity index (χ2n) is 14.2. The molecule has 4 N–H and O–H groups in total. The van der Waals surface area contributed by atoms with Crippen molar-refractivity contribution < 1.29 is 38.0 Å². The van der Waals surface area contributed by atoms with Crippen LogP contribution in [-0.2, 0) is 52.8 Å². The predicted octanol–water partition coefficient (Wildman–Crippen LogP) is 1.31. The Bertz CT molecular complexity index is 1450. The lowest BCUT2D eigenvalue weighted by Gasteiger charge is -2.27. The number of epoxide rings is 1. The first kappa shape index (κ1) is 38.7. The van der Waals surface area contributed by atoms with Crippen LogP contribution in [0.15, 0.2) is 40.9 Å². The molecule has 4 unspecified atom stereocenters. The van der Waals surface area contributed by atoms with E-state index in [1.165, 1.54) is 0 Å². The summed E-state index contributed by atoms with van der Waals surface area (Å²) < 4.78 is 16.1. The van der Waals surface area contributed by atoms with Gasteiger partial charge in [0.2, 0.25) is 23.6 Å². The van der Waals surface area contributed by atoms with E-state index < -0.39 is 47.4 Å². The minimum Gasteiger partial charge on any atom is -0.379 e. The van der Waals surface area contributed by atoms with E-state index >= 15 is 0 Å². The van der Waals surface area contributed by atoms with Gasteiger partial charge in [0.1, 0.15) is 17.7 Å². The first-order chi connectivity index (χ1) is 23.8. The van der Waals surface area contributed by atoms with Gasteiger partial charge in [-0.1, -0.05) is 63.2 Å². The molecule has 274 valence electrons. The molecule has 1 aromatic heterocycles. The maximum atomic E-state index is 13.7. The number of hydrogen-bond acceptors (Lipinski definition) is 10. The third-order valence-electron chi connectivity index (χ3n) is 8.59. The standard InChI is InChI=1S/C36H52N6O8/c1-23(2)15-28(33(45)36(5)22-49-36)39-35(47)30(17-25-9-7-6-8-10-25)40-34(46)29(16-24(3)4)38-32(44)20-37-31(43)19-26-18-27(50-41-26)21-42-11-13-48-14-12-42/h6-10,18,23-24,28-30H,11-17,19-22H2,1-5H3,(H,37,43)(H,38,44)(H,39,47)(H,40,46). The van der Waals surface area contributed by atoms with Gasteiger partial charge in [-0.15, -0.1) is 0 Å². The maximum Gasteiger partial charge on any atom is 0.243 e. The highest BCUT2D eigenvalue weighted by Crippen LogP contribution is 2.29. The van der Waals surface area contributed by atoms with Crippen molar-refractivity contribution in [3.63, 3.8) is 0 Å². The molecule has 0 aliphatic carbocycles. The fourth-order valence-corrected chi connectivity index (χ4v) is 5.77. The van der Waals surface area contributed by atoms with Crippen LogP contribution in [0.4, 0.5) is 0 Å². The quantitative estimate of drug-likeness (QED) is 0.156. The normalized spacial score (nSPS) is 19.3. The molecule has 4 atom stereocenters. The van der Waals surface area contributed by atoms with Gasteiger partial charge in [-0.05, 0) is 37.2 Å². The van der Waals surface area contributed by atoms with E-state index in [1.807, 2.05) is 58.0 Å². The Labute approximate surface area is 293 Å². The minimum atomic E-state index is -1.03. The van der Waals surface area contributed by atoms with Crippen molar-refractivity contribution in [1.29, 1.82) is 0 Å². The molecule has 14 nitrogen and oxygen atoms in total. The molecule has 2 aliphatic heterocycles. The van der Waals surface area contributed by atoms with E-state index in [1.54, 1.807) is 13.0 Å². The van der Waals surface area contributed by atoms with E-state index in [-0.39, 0.29) is 37.0 Å². The zero-order valence-corrected chi connectivity index (χ0v) is 29.8. The zero-order valence-electron chi connectivity index (χ0n) is 29.8. The largest absolute Gasteiger partial charge is 0.379 e. The number of hydrogen-bond donors (Lipinski definition) is 4. The van der Waals surface area contributed by atoms with Crippen LogP contribution in [0.2, 0.25) is 0 Å². The summed E-state index contributed by atoms with van der Waals surface area (Å²) in [4.78, 5) is 68.4. The van der Waals surface area contributed by atoms with Crippen LogP contribution < -0.4 is 21.3 Å². The number of nitrogens with zero attached hydrogens (tertiary/aromatic N) is 2. The van der Waals surface area contributed by atoms with Crippen LogP contribution in [0, 0.1) is 11.8 Å². The van der Waals surface area contributed by atoms with Gasteiger partial charge in [0.05, 0.1) is 51.1 Å². The van der Waals surface area contributed by atoms with Crippen molar-refractivity contribution in [2.24, 2.45) is 11.8 Å². The van der Waals surface area contributed by atoms with Gasteiger partial charge >= 0.3 is 0 Å². The average Bonchev–Trinajstić information content (AvgIpc) is 3.68. The predicted molar refractivity (Wildman–Crippen MR) is 184 cm³/mol. The van der Waals surface area contributed by atoms with E-state index in [9.17, 15) is 24.0 Å². The van der Waals surface area contributed by atoms with Gasteiger partial charge in [-0.25, -0.2) is 0 Å². The van der Waals surface area contributed by atoms with Crippen molar-refractivity contribution in [1.82, 2.24) is 31.3 Å². The Morgan fingerprint density at radius 1 is 0.860 bits per heavy atom. The highest BCUT2D eigenvalue weighted by Gasteiger charge is 2.50. The van der Waals surface area contributed by atoms with Crippen LogP contribution in [0.3, 0.4) is 0 Å². The van der Waals surface area contributed by atoms with E-state index in [4.69, 9.17) is 14.0 Å². The smallest absolute Gasteiger partial charge is 0.243 e. The number of carbonyl (C=O) groups is 5. The Morgan fingerprint density at radius 3 is 2.12 bits per heavy atom. The molecule has 2 fully saturated rings. The minimum absolute atomic E-state index is 0.0215. The topological polar surface area (TPSA) is 184 Å². The van der Waals surface area contributed by atoms with Gasteiger partial charge in [-0.3, -0.25) is 28.9 Å². The number of Topliss-reactive ketones (excluding diaryl/α,β-unsaturated/α-hetero) is 1. The average molecular weight is 697 g/mol. The first-order valence-corrected chi connectivity index (χ1v) is 17.4. The summed E-state index contributed by atoms with van der Waals surface area (Å²) in [5, 5.41) is 15.0. The second kappa shape index (κ2) is 18.2. The number of carbonyl (C=O) groups excluding carboxylic acids is 5. The van der Waals surface area contributed by atoms with Gasteiger partial charge in [-0.2, -0.15) is 0 Å². The lowest BCUT2D eigenvalue weighted by molar-refractivity contribution is -0.134. The van der Waals surface area contributed by atoms with Crippen molar-refractivity contribution in [3.05, 3.63) is 53.4 Å². The highest BCUT2D eigenvalue weighted by atomic mass is 16.6. The fraction of sp³-hybridized carbons (Fsp3) is 0.611. The van der Waals surface area contributed by atoms with Gasteiger partial charge in [0.15, 0.2) is 11.5 Å². The Kier molecular flexibility index (Phi) is 14.1. The lowest BCUT2D eigenvalue weighted by Crippen LogP contribution is -2.58. The Balaban J connectivity index is 1.35. The molecule has 0 bridgehead atoms. The molecular weight excluding hydrogens is 644 g/mol. The summed E-state index contributed by atoms with van der Waals surface area (Å²) in [5.74, 6) is -1.46. The maximum absolute atomic E-state index is 13.7. The number of morpholine rings is 1. The summed E-state index contributed by atoms with van der Waals surface area (Å²) in [6.45, 7) is 12.9. The lowest BCUT2D eigenvalue weighted by atomic mass is 9.93. The molecule has 2 aliphatic rings. The van der Waals surface area contributed by atoms with Crippen molar-refractivity contribution >= 4 is 29.4 Å². The summed E-state index contributed by atoms with van der Waals surface area (Å²) in [5.41, 5.74) is 0.334. The van der Waals surface area contributed by atoms with Crippen LogP contribution >= 0.6 is 0 Å². The molecule has 0 radical (unpaired) electrons. The first-order valence-electron chi connectivity index (χ1n) is 17.4. The number of benzene rings is 1. The Hall–Kier alpha value is -4.14. The van der Waals surface area contributed by atoms with Gasteiger partial charge < -0.3 is 35.3 Å². The Morgan fingerprint density at radius 2 is 1.48 bits per heavy atom. The molecule has 50 heavy (non-hydrogen) atoms. The molecule has 0 saturated carbocycles. The van der Waals surface area contributed by atoms with Crippen molar-refractivity contribution in [3.8, 4) is 0 Å². The van der Waals surface area contributed by atoms with Crippen LogP contribution in [0.5, 0.6) is 0 Å². The van der Waals surface area contributed by atoms with Gasteiger partial charge in [0, 0.05) is 25.6 Å².